The van der Waals surface area contributed by atoms with E-state index in [0.29, 0.717) is 28.7 Å². The lowest BCUT2D eigenvalue weighted by Crippen LogP contribution is -2.10. The second-order valence-electron chi connectivity index (χ2n) is 6.05. The molecule has 132 valence electrons. The molecule has 0 unspecified atom stereocenters. The first-order chi connectivity index (χ1) is 11.9. The Kier molecular flexibility index (Phi) is 4.83. The summed E-state index contributed by atoms with van der Waals surface area (Å²) in [4.78, 5) is 15.4. The second kappa shape index (κ2) is 7.04. The number of hydrogen-bond donors (Lipinski definition) is 2. The summed E-state index contributed by atoms with van der Waals surface area (Å²) in [7, 11) is 0. The first-order valence-corrected chi connectivity index (χ1v) is 8.03. The lowest BCUT2D eigenvalue weighted by molar-refractivity contribution is -0.114. The first-order valence-electron chi connectivity index (χ1n) is 8.03. The minimum Gasteiger partial charge on any atom is -0.432 e. The molecular formula is C18H19F2N3O2. The van der Waals surface area contributed by atoms with Gasteiger partial charge in [0.15, 0.2) is 5.75 Å². The van der Waals surface area contributed by atoms with Gasteiger partial charge in [0, 0.05) is 30.3 Å². The largest absolute Gasteiger partial charge is 0.432 e. The maximum atomic E-state index is 12.9. The molecule has 1 aliphatic rings. The third-order valence-corrected chi connectivity index (χ3v) is 3.84. The molecule has 1 fully saturated rings. The summed E-state index contributed by atoms with van der Waals surface area (Å²) in [5.41, 5.74) is 2.44. The van der Waals surface area contributed by atoms with Crippen LogP contribution in [0.25, 0.3) is 11.1 Å². The summed E-state index contributed by atoms with van der Waals surface area (Å²) in [6.45, 7) is 0.270. The smallest absolute Gasteiger partial charge is 0.387 e. The summed E-state index contributed by atoms with van der Waals surface area (Å²) in [6.07, 6.45) is 3.57. The first kappa shape index (κ1) is 17.1. The van der Waals surface area contributed by atoms with Crippen molar-refractivity contribution in [3.05, 3.63) is 36.0 Å². The number of pyridine rings is 1. The van der Waals surface area contributed by atoms with E-state index in [1.807, 2.05) is 0 Å². The lowest BCUT2D eigenvalue weighted by atomic mass is 10.0. The maximum absolute atomic E-state index is 12.9. The van der Waals surface area contributed by atoms with E-state index in [0.717, 1.165) is 18.4 Å². The Morgan fingerprint density at radius 2 is 2.12 bits per heavy atom. The quantitative estimate of drug-likeness (QED) is 0.822. The molecule has 5 nitrogen and oxygen atoms in total. The molecule has 1 aromatic heterocycles. The van der Waals surface area contributed by atoms with Gasteiger partial charge in [-0.3, -0.25) is 4.79 Å². The van der Waals surface area contributed by atoms with Gasteiger partial charge in [0.05, 0.1) is 5.69 Å². The zero-order valence-corrected chi connectivity index (χ0v) is 14.0. The van der Waals surface area contributed by atoms with Crippen LogP contribution in [0, 0.1) is 6.92 Å². The molecule has 2 N–H and O–H groups in total. The molecule has 25 heavy (non-hydrogen) atoms. The lowest BCUT2D eigenvalue weighted by Gasteiger charge is -2.17. The number of ether oxygens (including phenoxy) is 1. The van der Waals surface area contributed by atoms with E-state index in [1.54, 1.807) is 31.2 Å². The van der Waals surface area contributed by atoms with E-state index in [2.05, 4.69) is 15.6 Å². The Morgan fingerprint density at radius 1 is 1.36 bits per heavy atom. The summed E-state index contributed by atoms with van der Waals surface area (Å²) >= 11 is 0. The summed E-state index contributed by atoms with van der Waals surface area (Å²) < 4.78 is 30.6. The van der Waals surface area contributed by atoms with Crippen LogP contribution in [0.4, 0.5) is 20.3 Å². The zero-order valence-electron chi connectivity index (χ0n) is 14.0. The van der Waals surface area contributed by atoms with Crippen LogP contribution in [-0.2, 0) is 4.79 Å². The standard InChI is InChI=1S/C18H19F2N3O2/c1-10-8-12(9-21-17(10)22-11(2)24)14-4-3-5-15(23-13-6-7-13)16(14)25-18(19)20/h3-5,8-9,13,18,23H,6-7H2,1-2H3,(H,21,22,24). The van der Waals surface area contributed by atoms with Crippen LogP contribution in [0.3, 0.4) is 0 Å². The summed E-state index contributed by atoms with van der Waals surface area (Å²) in [6, 6.07) is 7.32. The summed E-state index contributed by atoms with van der Waals surface area (Å²) in [5, 5.41) is 5.85. The van der Waals surface area contributed by atoms with Crippen molar-refractivity contribution in [2.45, 2.75) is 39.3 Å². The van der Waals surface area contributed by atoms with Gasteiger partial charge in [-0.05, 0) is 37.5 Å². The van der Waals surface area contributed by atoms with Gasteiger partial charge in [-0.2, -0.15) is 8.78 Å². The highest BCUT2D eigenvalue weighted by Crippen LogP contribution is 2.40. The highest BCUT2D eigenvalue weighted by molar-refractivity contribution is 5.89. The second-order valence-corrected chi connectivity index (χ2v) is 6.05. The van der Waals surface area contributed by atoms with Gasteiger partial charge in [-0.1, -0.05) is 12.1 Å². The summed E-state index contributed by atoms with van der Waals surface area (Å²) in [5.74, 6) is 0.332. The monoisotopic (exact) mass is 347 g/mol. The predicted molar refractivity (Wildman–Crippen MR) is 92.0 cm³/mol. The number of nitrogens with one attached hydrogen (secondary N) is 2. The fourth-order valence-electron chi connectivity index (χ4n) is 2.56. The van der Waals surface area contributed by atoms with Crippen molar-refractivity contribution >= 4 is 17.4 Å². The fraction of sp³-hybridized carbons (Fsp3) is 0.333. The average molecular weight is 347 g/mol. The molecule has 0 aliphatic heterocycles. The van der Waals surface area contributed by atoms with Crippen LogP contribution >= 0.6 is 0 Å². The van der Waals surface area contributed by atoms with Crippen LogP contribution in [-0.4, -0.2) is 23.5 Å². The topological polar surface area (TPSA) is 63.2 Å². The van der Waals surface area contributed by atoms with Crippen molar-refractivity contribution in [3.8, 4) is 16.9 Å². The number of nitrogens with zero attached hydrogens (tertiary/aromatic N) is 1. The van der Waals surface area contributed by atoms with Crippen molar-refractivity contribution < 1.29 is 18.3 Å². The number of carbonyl (C=O) groups excluding carboxylic acids is 1. The number of carbonyl (C=O) groups is 1. The van der Waals surface area contributed by atoms with Crippen molar-refractivity contribution in [1.82, 2.24) is 4.98 Å². The number of aromatic nitrogens is 1. The molecule has 0 bridgehead atoms. The van der Waals surface area contributed by atoms with Crippen molar-refractivity contribution in [2.24, 2.45) is 0 Å². The fourth-order valence-corrected chi connectivity index (χ4v) is 2.56. The van der Waals surface area contributed by atoms with Crippen LogP contribution in [0.15, 0.2) is 30.5 Å². The van der Waals surface area contributed by atoms with Crippen LogP contribution in [0.2, 0.25) is 0 Å². The number of rotatable bonds is 6. The van der Waals surface area contributed by atoms with Gasteiger partial charge in [-0.25, -0.2) is 4.98 Å². The van der Waals surface area contributed by atoms with E-state index in [1.165, 1.54) is 13.1 Å². The minimum atomic E-state index is -2.92. The average Bonchev–Trinajstić information content (AvgIpc) is 3.34. The van der Waals surface area contributed by atoms with Crippen molar-refractivity contribution in [3.63, 3.8) is 0 Å². The maximum Gasteiger partial charge on any atom is 0.387 e. The Labute approximate surface area is 144 Å². The number of amides is 1. The van der Waals surface area contributed by atoms with Crippen LogP contribution in [0.5, 0.6) is 5.75 Å². The molecule has 0 atom stereocenters. The third-order valence-electron chi connectivity index (χ3n) is 3.84. The molecule has 0 spiro atoms. The third kappa shape index (κ3) is 4.23. The highest BCUT2D eigenvalue weighted by Gasteiger charge is 2.24. The van der Waals surface area contributed by atoms with Crippen molar-refractivity contribution in [2.75, 3.05) is 10.6 Å². The number of alkyl halides is 2. The number of benzene rings is 1. The number of anilines is 2. The normalized spacial score (nSPS) is 13.6. The van der Waals surface area contributed by atoms with Gasteiger partial charge >= 0.3 is 6.61 Å². The molecule has 0 saturated heterocycles. The molecule has 0 radical (unpaired) electrons. The molecular weight excluding hydrogens is 328 g/mol. The van der Waals surface area contributed by atoms with Crippen molar-refractivity contribution in [1.29, 1.82) is 0 Å². The van der Waals surface area contributed by atoms with Gasteiger partial charge in [0.1, 0.15) is 5.82 Å². The van der Waals surface area contributed by atoms with Gasteiger partial charge < -0.3 is 15.4 Å². The SMILES string of the molecule is CC(=O)Nc1ncc(-c2cccc(NC3CC3)c2OC(F)F)cc1C. The number of aryl methyl sites for hydroxylation is 1. The Balaban J connectivity index is 2.00. The van der Waals surface area contributed by atoms with Gasteiger partial charge in [0.2, 0.25) is 5.91 Å². The van der Waals surface area contributed by atoms with E-state index >= 15 is 0 Å². The Morgan fingerprint density at radius 3 is 2.72 bits per heavy atom. The molecule has 1 heterocycles. The molecule has 1 aliphatic carbocycles. The number of halogens is 2. The Bertz CT molecular complexity index is 792. The molecule has 1 amide bonds. The van der Waals surface area contributed by atoms with E-state index in [4.69, 9.17) is 4.74 Å². The molecule has 1 saturated carbocycles. The molecule has 2 aromatic rings. The highest BCUT2D eigenvalue weighted by atomic mass is 19.3. The predicted octanol–water partition coefficient (Wildman–Crippen LogP) is 4.19. The minimum absolute atomic E-state index is 0.109. The van der Waals surface area contributed by atoms with E-state index < -0.39 is 6.61 Å². The molecule has 7 heteroatoms. The van der Waals surface area contributed by atoms with E-state index in [-0.39, 0.29) is 11.7 Å². The van der Waals surface area contributed by atoms with E-state index in [9.17, 15) is 13.6 Å². The molecule has 1 aromatic carbocycles. The zero-order chi connectivity index (χ0) is 18.0. The van der Waals surface area contributed by atoms with Crippen LogP contribution < -0.4 is 15.4 Å². The Hall–Kier alpha value is -2.70. The molecule has 3 rings (SSSR count). The number of para-hydroxylation sites is 1. The van der Waals surface area contributed by atoms with Gasteiger partial charge in [0.25, 0.3) is 0 Å². The van der Waals surface area contributed by atoms with Gasteiger partial charge in [-0.15, -0.1) is 0 Å². The number of hydrogen-bond acceptors (Lipinski definition) is 4. The van der Waals surface area contributed by atoms with Crippen LogP contribution in [0.1, 0.15) is 25.3 Å².